The number of rotatable bonds is 6. The molecule has 5 heterocycles. The van der Waals surface area contributed by atoms with Crippen LogP contribution in [0.2, 0.25) is 0 Å². The summed E-state index contributed by atoms with van der Waals surface area (Å²) in [6.45, 7) is 3.12. The smallest absolute Gasteiger partial charge is 0.325 e. The fourth-order valence-corrected chi connectivity index (χ4v) is 5.60. The number of aromatic nitrogens is 2. The summed E-state index contributed by atoms with van der Waals surface area (Å²) in [5.41, 5.74) is 2.58. The molecule has 36 heavy (non-hydrogen) atoms. The molecule has 9 nitrogen and oxygen atoms in total. The van der Waals surface area contributed by atoms with E-state index in [-0.39, 0.29) is 19.0 Å². The van der Waals surface area contributed by atoms with Crippen molar-refractivity contribution >= 4 is 23.5 Å². The van der Waals surface area contributed by atoms with Crippen molar-refractivity contribution in [1.29, 1.82) is 0 Å². The van der Waals surface area contributed by atoms with Crippen LogP contribution in [0.1, 0.15) is 36.8 Å². The van der Waals surface area contributed by atoms with E-state index in [1.807, 2.05) is 36.1 Å². The molecule has 0 saturated carbocycles. The number of amidine groups is 1. The number of nitrogens with zero attached hydrogens (tertiary/aromatic N) is 6. The first-order valence-electron chi connectivity index (χ1n) is 12.5. The Bertz CT molecular complexity index is 1190. The molecule has 11 heteroatoms. The number of hydrogen-bond acceptors (Lipinski definition) is 6. The largest absolute Gasteiger partial charge is 0.359 e. The molecule has 2 unspecified atom stereocenters. The molecule has 0 aliphatic carbocycles. The van der Waals surface area contributed by atoms with Crippen LogP contribution >= 0.6 is 0 Å². The number of nitrogens with one attached hydrogen (secondary N) is 1. The van der Waals surface area contributed by atoms with Gasteiger partial charge in [-0.15, -0.1) is 0 Å². The van der Waals surface area contributed by atoms with E-state index in [9.17, 15) is 18.4 Å². The van der Waals surface area contributed by atoms with E-state index in [1.54, 1.807) is 9.80 Å². The van der Waals surface area contributed by atoms with Crippen LogP contribution in [0.3, 0.4) is 0 Å². The van der Waals surface area contributed by atoms with Crippen molar-refractivity contribution in [2.45, 2.75) is 63.8 Å². The van der Waals surface area contributed by atoms with Crippen molar-refractivity contribution < 1.29 is 18.4 Å². The van der Waals surface area contributed by atoms with E-state index >= 15 is 0 Å². The van der Waals surface area contributed by atoms with Gasteiger partial charge >= 0.3 is 6.03 Å². The maximum atomic E-state index is 13.3. The van der Waals surface area contributed by atoms with E-state index < -0.39 is 24.2 Å². The quantitative estimate of drug-likeness (QED) is 0.663. The lowest BCUT2D eigenvalue weighted by Gasteiger charge is -2.40. The van der Waals surface area contributed by atoms with Gasteiger partial charge in [0.1, 0.15) is 11.7 Å². The summed E-state index contributed by atoms with van der Waals surface area (Å²) in [6.07, 6.45) is 5.17. The van der Waals surface area contributed by atoms with Gasteiger partial charge in [0, 0.05) is 44.4 Å². The second-order valence-electron chi connectivity index (χ2n) is 9.97. The number of alkyl halides is 2. The number of benzene rings is 1. The van der Waals surface area contributed by atoms with Crippen LogP contribution in [-0.2, 0) is 30.7 Å². The lowest BCUT2D eigenvalue weighted by Crippen LogP contribution is -2.64. The highest BCUT2D eigenvalue weighted by atomic mass is 19.3. The van der Waals surface area contributed by atoms with Gasteiger partial charge in [-0.2, -0.15) is 0 Å². The zero-order valence-electron chi connectivity index (χ0n) is 20.2. The standard InChI is InChI=1S/C25H29F2N7O2/c1-2-33-22-21(23(35)30-24(33)36)34(12-16-6-8-18(9-7-16)32-14-25(26,27)15-32)20(29-22)11-17-13-31-10-4-3-5-19(31)28-17/h6-9,13,21-22H,2-5,10-12,14-15H2,1H3,(H,30,35,36). The molecular weight excluding hydrogens is 468 g/mol. The van der Waals surface area contributed by atoms with Crippen LogP contribution in [0.4, 0.5) is 19.3 Å². The number of aliphatic imine (C=N–C) groups is 1. The number of fused-ring (bicyclic) bond motifs is 2. The minimum absolute atomic E-state index is 0.269. The van der Waals surface area contributed by atoms with Crippen LogP contribution < -0.4 is 10.2 Å². The highest BCUT2D eigenvalue weighted by Crippen LogP contribution is 2.33. The van der Waals surface area contributed by atoms with Crippen LogP contribution in [0, 0.1) is 0 Å². The minimum Gasteiger partial charge on any atom is -0.359 e. The summed E-state index contributed by atoms with van der Waals surface area (Å²) in [7, 11) is 0. The number of imidazole rings is 1. The van der Waals surface area contributed by atoms with Gasteiger partial charge in [-0.3, -0.25) is 15.0 Å². The molecule has 2 fully saturated rings. The van der Waals surface area contributed by atoms with Gasteiger partial charge in [0.05, 0.1) is 18.8 Å². The van der Waals surface area contributed by atoms with E-state index in [2.05, 4.69) is 16.1 Å². The first-order valence-corrected chi connectivity index (χ1v) is 12.5. The number of amides is 3. The zero-order valence-corrected chi connectivity index (χ0v) is 20.2. The second kappa shape index (κ2) is 8.56. The lowest BCUT2D eigenvalue weighted by molar-refractivity contribution is -0.127. The average Bonchev–Trinajstić information content (AvgIpc) is 3.39. The van der Waals surface area contributed by atoms with Crippen molar-refractivity contribution in [3.63, 3.8) is 0 Å². The normalized spacial score (nSPS) is 24.8. The first kappa shape index (κ1) is 22.9. The number of hydrogen-bond donors (Lipinski definition) is 1. The Morgan fingerprint density at radius 2 is 1.89 bits per heavy atom. The van der Waals surface area contributed by atoms with Crippen molar-refractivity contribution in [1.82, 2.24) is 24.7 Å². The third-order valence-corrected chi connectivity index (χ3v) is 7.45. The van der Waals surface area contributed by atoms with Crippen molar-refractivity contribution in [2.75, 3.05) is 24.5 Å². The second-order valence-corrected chi connectivity index (χ2v) is 9.97. The highest BCUT2D eigenvalue weighted by molar-refractivity contribution is 6.04. The Hall–Kier alpha value is -3.50. The molecular formula is C25H29F2N7O2. The van der Waals surface area contributed by atoms with E-state index in [1.165, 1.54) is 0 Å². The number of urea groups is 1. The number of aryl methyl sites for hydroxylation is 2. The third kappa shape index (κ3) is 4.00. The third-order valence-electron chi connectivity index (χ3n) is 7.45. The van der Waals surface area contributed by atoms with Gasteiger partial charge in [-0.05, 0) is 37.5 Å². The van der Waals surface area contributed by atoms with Crippen LogP contribution in [-0.4, -0.2) is 74.9 Å². The van der Waals surface area contributed by atoms with Gasteiger partial charge in [0.2, 0.25) is 0 Å². The predicted octanol–water partition coefficient (Wildman–Crippen LogP) is 2.40. The molecule has 2 saturated heterocycles. The molecule has 3 amide bonds. The summed E-state index contributed by atoms with van der Waals surface area (Å²) >= 11 is 0. The summed E-state index contributed by atoms with van der Waals surface area (Å²) in [4.78, 5) is 40.3. The van der Waals surface area contributed by atoms with Crippen LogP contribution in [0.5, 0.6) is 0 Å². The number of likely N-dealkylation sites (N-methyl/N-ethyl adjacent to an activating group) is 1. The van der Waals surface area contributed by atoms with Gasteiger partial charge < -0.3 is 14.4 Å². The topological polar surface area (TPSA) is 86.1 Å². The fraction of sp³-hybridized carbons (Fsp3) is 0.520. The Morgan fingerprint density at radius 1 is 1.11 bits per heavy atom. The lowest BCUT2D eigenvalue weighted by atomic mass is 10.1. The molecule has 4 aliphatic heterocycles. The summed E-state index contributed by atoms with van der Waals surface area (Å²) in [6, 6.07) is 6.40. The molecule has 0 bridgehead atoms. The predicted molar refractivity (Wildman–Crippen MR) is 129 cm³/mol. The highest BCUT2D eigenvalue weighted by Gasteiger charge is 2.49. The SMILES string of the molecule is CCN1C(=O)NC(=O)C2C1N=C(Cc1cn3c(n1)CCCC3)N2Cc1ccc(N2CC(F)(F)C2)cc1. The van der Waals surface area contributed by atoms with Crippen molar-refractivity contribution in [3.05, 3.63) is 47.5 Å². The number of carbonyl (C=O) groups is 2. The van der Waals surface area contributed by atoms with Crippen LogP contribution in [0.25, 0.3) is 0 Å². The summed E-state index contributed by atoms with van der Waals surface area (Å²) in [5.74, 6) is -1.20. The molecule has 0 spiro atoms. The molecule has 0 radical (unpaired) electrons. The van der Waals surface area contributed by atoms with E-state index in [0.29, 0.717) is 19.5 Å². The fourth-order valence-electron chi connectivity index (χ4n) is 5.60. The summed E-state index contributed by atoms with van der Waals surface area (Å²) < 4.78 is 28.7. The Labute approximate surface area is 207 Å². The Balaban J connectivity index is 1.26. The Morgan fingerprint density at radius 3 is 2.58 bits per heavy atom. The monoisotopic (exact) mass is 497 g/mol. The van der Waals surface area contributed by atoms with Gasteiger partial charge in [-0.25, -0.2) is 23.6 Å². The number of halogens is 2. The molecule has 1 aromatic heterocycles. The van der Waals surface area contributed by atoms with E-state index in [4.69, 9.17) is 9.98 Å². The number of anilines is 1. The van der Waals surface area contributed by atoms with Gasteiger partial charge in [0.15, 0.2) is 12.2 Å². The molecule has 2 atom stereocenters. The molecule has 190 valence electrons. The minimum atomic E-state index is -2.63. The Kier molecular flexibility index (Phi) is 5.45. The van der Waals surface area contributed by atoms with Crippen molar-refractivity contribution in [3.8, 4) is 0 Å². The number of carbonyl (C=O) groups excluding carboxylic acids is 2. The maximum absolute atomic E-state index is 13.3. The average molecular weight is 498 g/mol. The molecule has 4 aliphatic rings. The first-order chi connectivity index (χ1) is 17.3. The van der Waals surface area contributed by atoms with Gasteiger partial charge in [-0.1, -0.05) is 12.1 Å². The summed E-state index contributed by atoms with van der Waals surface area (Å²) in [5, 5.41) is 2.47. The molecule has 1 aromatic carbocycles. The van der Waals surface area contributed by atoms with Gasteiger partial charge in [0.25, 0.3) is 11.8 Å². The number of imide groups is 1. The zero-order chi connectivity index (χ0) is 25.0. The molecule has 6 rings (SSSR count). The molecule has 2 aromatic rings. The molecule has 1 N–H and O–H groups in total. The van der Waals surface area contributed by atoms with Crippen LogP contribution in [0.15, 0.2) is 35.5 Å². The van der Waals surface area contributed by atoms with Crippen molar-refractivity contribution in [2.24, 2.45) is 4.99 Å². The van der Waals surface area contributed by atoms with E-state index in [0.717, 1.165) is 54.4 Å². The maximum Gasteiger partial charge on any atom is 0.325 e.